The van der Waals surface area contributed by atoms with Crippen LogP contribution in [0.3, 0.4) is 0 Å². The summed E-state index contributed by atoms with van der Waals surface area (Å²) in [5, 5.41) is 7.73. The molecule has 45 heavy (non-hydrogen) atoms. The van der Waals surface area contributed by atoms with Crippen molar-refractivity contribution in [2.24, 2.45) is 0 Å². The predicted molar refractivity (Wildman–Crippen MR) is 161 cm³/mol. The number of nitrogens with zero attached hydrogens (tertiary/aromatic N) is 6. The van der Waals surface area contributed by atoms with Crippen LogP contribution in [0.25, 0.3) is 0 Å². The number of methoxy groups -OCH3 is 1. The summed E-state index contributed by atoms with van der Waals surface area (Å²) in [7, 11) is 1.60. The summed E-state index contributed by atoms with van der Waals surface area (Å²) >= 11 is 0. The van der Waals surface area contributed by atoms with E-state index in [2.05, 4.69) is 20.4 Å². The Morgan fingerprint density at radius 1 is 1.02 bits per heavy atom. The van der Waals surface area contributed by atoms with Crippen molar-refractivity contribution in [2.75, 3.05) is 43.6 Å². The van der Waals surface area contributed by atoms with Crippen molar-refractivity contribution >= 4 is 17.5 Å². The molecule has 5 rings (SSSR count). The number of alkyl halides is 3. The van der Waals surface area contributed by atoms with Crippen LogP contribution < -0.4 is 20.5 Å². The van der Waals surface area contributed by atoms with Gasteiger partial charge in [0.1, 0.15) is 11.9 Å². The van der Waals surface area contributed by atoms with E-state index < -0.39 is 17.8 Å². The number of carbonyl (C=O) groups is 1. The predicted octanol–water partition coefficient (Wildman–Crippen LogP) is 3.89. The van der Waals surface area contributed by atoms with Crippen molar-refractivity contribution in [2.45, 2.75) is 70.4 Å². The zero-order valence-electron chi connectivity index (χ0n) is 25.6. The lowest BCUT2D eigenvalue weighted by Crippen LogP contribution is -2.47. The molecule has 2 saturated heterocycles. The molecule has 0 unspecified atom stereocenters. The van der Waals surface area contributed by atoms with E-state index in [0.29, 0.717) is 69.7 Å². The van der Waals surface area contributed by atoms with E-state index in [-0.39, 0.29) is 29.5 Å². The van der Waals surface area contributed by atoms with Gasteiger partial charge in [0.05, 0.1) is 37.7 Å². The van der Waals surface area contributed by atoms with E-state index in [0.717, 1.165) is 23.7 Å². The minimum Gasteiger partial charge on any atom is -0.497 e. The summed E-state index contributed by atoms with van der Waals surface area (Å²) in [6.07, 6.45) is 0.845. The van der Waals surface area contributed by atoms with Crippen LogP contribution in [0.15, 0.2) is 47.7 Å². The normalized spacial score (nSPS) is 18.4. The minimum atomic E-state index is -4.48. The number of hydrogen-bond acceptors (Lipinski definition) is 9. The molecule has 0 radical (unpaired) electrons. The van der Waals surface area contributed by atoms with E-state index in [4.69, 9.17) is 9.47 Å². The molecule has 14 heteroatoms. The second-order valence-electron chi connectivity index (χ2n) is 11.4. The van der Waals surface area contributed by atoms with Crippen LogP contribution in [-0.4, -0.2) is 82.1 Å². The lowest BCUT2D eigenvalue weighted by Gasteiger charge is -2.36. The monoisotopic (exact) mass is 629 g/mol. The topological polar surface area (TPSA) is 115 Å². The van der Waals surface area contributed by atoms with Gasteiger partial charge in [-0.1, -0.05) is 19.1 Å². The molecular formula is C31H38F3N7O4. The summed E-state index contributed by atoms with van der Waals surface area (Å²) in [6, 6.07) is 7.37. The average molecular weight is 630 g/mol. The number of likely N-dealkylation sites (tertiary alicyclic amines) is 1. The molecule has 11 nitrogen and oxygen atoms in total. The van der Waals surface area contributed by atoms with Crippen LogP contribution in [0.5, 0.6) is 5.75 Å². The number of aromatic nitrogens is 4. The number of benzene rings is 1. The largest absolute Gasteiger partial charge is 0.497 e. The third kappa shape index (κ3) is 7.55. The Labute approximate surface area is 259 Å². The van der Waals surface area contributed by atoms with Gasteiger partial charge in [0.25, 0.3) is 11.5 Å². The number of halogens is 3. The van der Waals surface area contributed by atoms with Gasteiger partial charge in [-0.05, 0) is 43.9 Å². The van der Waals surface area contributed by atoms with Crippen molar-refractivity contribution in [3.8, 4) is 5.75 Å². The molecule has 2 fully saturated rings. The van der Waals surface area contributed by atoms with Gasteiger partial charge < -0.3 is 24.6 Å². The van der Waals surface area contributed by atoms with E-state index >= 15 is 0 Å². The van der Waals surface area contributed by atoms with Gasteiger partial charge in [0.15, 0.2) is 0 Å². The number of anilines is 2. The molecule has 0 saturated carbocycles. The van der Waals surface area contributed by atoms with Gasteiger partial charge in [0.2, 0.25) is 5.95 Å². The number of piperidine rings is 1. The Kier molecular flexibility index (Phi) is 9.90. The molecule has 1 aromatic carbocycles. The van der Waals surface area contributed by atoms with Crippen LogP contribution >= 0.6 is 0 Å². The Hall–Kier alpha value is -4.20. The van der Waals surface area contributed by atoms with Crippen molar-refractivity contribution in [3.05, 3.63) is 69.9 Å². The Morgan fingerprint density at radius 2 is 1.71 bits per heavy atom. The van der Waals surface area contributed by atoms with E-state index in [1.54, 1.807) is 20.2 Å². The molecule has 2 aromatic heterocycles. The van der Waals surface area contributed by atoms with Gasteiger partial charge >= 0.3 is 6.18 Å². The molecule has 2 aliphatic heterocycles. The fourth-order valence-electron chi connectivity index (χ4n) is 5.66. The highest BCUT2D eigenvalue weighted by molar-refractivity contribution is 5.83. The smallest absolute Gasteiger partial charge is 0.419 e. The second kappa shape index (κ2) is 13.8. The molecule has 0 spiro atoms. The maximum absolute atomic E-state index is 13.2. The molecular weight excluding hydrogens is 591 g/mol. The highest BCUT2D eigenvalue weighted by Gasteiger charge is 2.38. The lowest BCUT2D eigenvalue weighted by molar-refractivity contribution is -0.139. The summed E-state index contributed by atoms with van der Waals surface area (Å²) in [4.78, 5) is 37.8. The first-order valence-electron chi connectivity index (χ1n) is 15.1. The van der Waals surface area contributed by atoms with Crippen LogP contribution in [-0.2, 0) is 22.3 Å². The third-order valence-electron chi connectivity index (χ3n) is 8.47. The number of rotatable bonds is 11. The van der Waals surface area contributed by atoms with E-state index in [9.17, 15) is 22.8 Å². The van der Waals surface area contributed by atoms with E-state index in [1.807, 2.05) is 41.0 Å². The van der Waals surface area contributed by atoms with Crippen molar-refractivity contribution in [1.82, 2.24) is 24.6 Å². The number of nitrogens with one attached hydrogen (secondary N) is 1. The minimum absolute atomic E-state index is 0.0232. The maximum Gasteiger partial charge on any atom is 0.419 e. The van der Waals surface area contributed by atoms with Crippen molar-refractivity contribution < 1.29 is 27.4 Å². The first-order valence-corrected chi connectivity index (χ1v) is 15.1. The molecule has 0 bridgehead atoms. The molecule has 3 aromatic rings. The van der Waals surface area contributed by atoms with Gasteiger partial charge in [0, 0.05) is 56.1 Å². The van der Waals surface area contributed by atoms with Crippen LogP contribution in [0.4, 0.5) is 24.8 Å². The first kappa shape index (κ1) is 32.2. The second-order valence-corrected chi connectivity index (χ2v) is 11.4. The van der Waals surface area contributed by atoms with Crippen LogP contribution in [0.2, 0.25) is 0 Å². The number of amides is 1. The number of hydrogen-bond donors (Lipinski definition) is 1. The molecule has 0 aliphatic carbocycles. The zero-order valence-corrected chi connectivity index (χ0v) is 25.6. The fourth-order valence-corrected chi connectivity index (χ4v) is 5.66. The molecule has 2 atom stereocenters. The van der Waals surface area contributed by atoms with Crippen LogP contribution in [0, 0.1) is 6.92 Å². The summed E-state index contributed by atoms with van der Waals surface area (Å²) < 4.78 is 51.2. The molecule has 1 amide bonds. The van der Waals surface area contributed by atoms with E-state index in [1.165, 1.54) is 4.68 Å². The summed E-state index contributed by atoms with van der Waals surface area (Å²) in [5.74, 6) is 0.951. The molecule has 242 valence electrons. The Balaban J connectivity index is 1.11. The molecule has 1 N–H and O–H groups in total. The third-order valence-corrected chi connectivity index (χ3v) is 8.47. The van der Waals surface area contributed by atoms with Gasteiger partial charge in [-0.25, -0.2) is 14.6 Å². The quantitative estimate of drug-likeness (QED) is 0.337. The van der Waals surface area contributed by atoms with Crippen molar-refractivity contribution in [3.63, 3.8) is 0 Å². The standard InChI is InChI=1S/C31H38F3N7O4/c1-4-23(38-26-17-37-41(28(42)20(26)2)18-21-5-7-25(44-3)8-6-21)19-45-27-11-14-40(29(27)43)24-9-12-39(13-10-24)30-35-15-22(16-36-30)31(32,33)34/h5-8,15-17,23-24,27,38H,4,9-14,18-19H2,1-3H3/t23-,27+/m0/s1. The maximum atomic E-state index is 13.2. The number of carbonyl (C=O) groups excluding carboxylic acids is 1. The Morgan fingerprint density at radius 3 is 2.33 bits per heavy atom. The zero-order chi connectivity index (χ0) is 32.1. The SMILES string of the molecule is CC[C@@H](CO[C@@H]1CCN(C2CCN(c3ncc(C(F)(F)F)cn3)CC2)C1=O)Nc1cnn(Cc2ccc(OC)cc2)c(=O)c1C. The first-order chi connectivity index (χ1) is 21.6. The van der Waals surface area contributed by atoms with Gasteiger partial charge in [-0.3, -0.25) is 9.59 Å². The average Bonchev–Trinajstić information content (AvgIpc) is 3.42. The molecule has 2 aliphatic rings. The molecule has 4 heterocycles. The van der Waals surface area contributed by atoms with Gasteiger partial charge in [-0.2, -0.15) is 18.3 Å². The van der Waals surface area contributed by atoms with Crippen molar-refractivity contribution in [1.29, 1.82) is 0 Å². The lowest BCUT2D eigenvalue weighted by atomic mass is 10.0. The summed E-state index contributed by atoms with van der Waals surface area (Å²) in [5.41, 5.74) is 1.04. The summed E-state index contributed by atoms with van der Waals surface area (Å²) in [6.45, 7) is 6.07. The highest BCUT2D eigenvalue weighted by Crippen LogP contribution is 2.30. The highest BCUT2D eigenvalue weighted by atomic mass is 19.4. The van der Waals surface area contributed by atoms with Gasteiger partial charge in [-0.15, -0.1) is 0 Å². The Bertz CT molecular complexity index is 1510. The number of ether oxygens (including phenoxy) is 2. The van der Waals surface area contributed by atoms with Crippen LogP contribution in [0.1, 0.15) is 49.3 Å². The fraction of sp³-hybridized carbons (Fsp3) is 0.516.